The number of benzene rings is 1. The minimum absolute atomic E-state index is 0.100. The van der Waals surface area contributed by atoms with E-state index in [2.05, 4.69) is 5.32 Å². The van der Waals surface area contributed by atoms with Crippen LogP contribution < -0.4 is 5.32 Å². The number of hydrogen-bond acceptors (Lipinski definition) is 3. The number of halogens is 1. The maximum Gasteiger partial charge on any atom is 0.260 e. The molecule has 0 spiro atoms. The van der Waals surface area contributed by atoms with Gasteiger partial charge in [-0.2, -0.15) is 0 Å². The van der Waals surface area contributed by atoms with Crippen LogP contribution in [0.4, 0.5) is 5.69 Å². The highest BCUT2D eigenvalue weighted by Gasteiger charge is 2.12. The number of carbonyl (C=O) groups excluding carboxylic acids is 1. The second-order valence-corrected chi connectivity index (χ2v) is 4.52. The first-order valence-corrected chi connectivity index (χ1v) is 6.49. The van der Waals surface area contributed by atoms with Crippen molar-refractivity contribution in [2.75, 3.05) is 11.6 Å². The lowest BCUT2D eigenvalue weighted by atomic mass is 10.3. The van der Waals surface area contributed by atoms with Gasteiger partial charge in [-0.1, -0.05) is 6.07 Å². The summed E-state index contributed by atoms with van der Waals surface area (Å²) in [7, 11) is 0. The van der Waals surface area contributed by atoms with E-state index < -0.39 is 0 Å². The van der Waals surface area contributed by atoms with E-state index in [9.17, 15) is 4.79 Å². The minimum atomic E-state index is -0.276. The number of carbonyl (C=O) groups is 1. The third-order valence-corrected chi connectivity index (χ3v) is 3.21. The fourth-order valence-electron chi connectivity index (χ4n) is 1.36. The Balaban J connectivity index is 2.16. The molecule has 1 aromatic carbocycles. The maximum atomic E-state index is 11.8. The van der Waals surface area contributed by atoms with Crippen LogP contribution in [0, 0.1) is 0 Å². The summed E-state index contributed by atoms with van der Waals surface area (Å²) >= 11 is 7.34. The monoisotopic (exact) mass is 267 g/mol. The highest BCUT2D eigenvalue weighted by molar-refractivity contribution is 7.98. The number of nitrogens with one attached hydrogen (secondary N) is 1. The average molecular weight is 268 g/mol. The highest BCUT2D eigenvalue weighted by Crippen LogP contribution is 2.21. The Labute approximate surface area is 108 Å². The van der Waals surface area contributed by atoms with Gasteiger partial charge in [0, 0.05) is 10.6 Å². The predicted octanol–water partition coefficient (Wildman–Crippen LogP) is 3.91. The second kappa shape index (κ2) is 5.29. The Morgan fingerprint density at radius 3 is 2.88 bits per heavy atom. The van der Waals surface area contributed by atoms with Gasteiger partial charge in [0.15, 0.2) is 0 Å². The summed E-state index contributed by atoms with van der Waals surface area (Å²) in [4.78, 5) is 12.9. The third-order valence-electron chi connectivity index (χ3n) is 2.19. The molecule has 88 valence electrons. The number of thioether (sulfide) groups is 1. The molecule has 0 fully saturated rings. The van der Waals surface area contributed by atoms with E-state index in [0.29, 0.717) is 5.56 Å². The number of amides is 1. The molecule has 0 saturated heterocycles. The first kappa shape index (κ1) is 12.1. The molecule has 0 aliphatic rings. The molecular weight excluding hydrogens is 258 g/mol. The molecule has 0 radical (unpaired) electrons. The maximum absolute atomic E-state index is 11.8. The van der Waals surface area contributed by atoms with Crippen molar-refractivity contribution in [1.29, 1.82) is 0 Å². The molecule has 1 N–H and O–H groups in total. The van der Waals surface area contributed by atoms with Gasteiger partial charge in [0.05, 0.1) is 11.8 Å². The molecule has 0 bridgehead atoms. The molecule has 0 unspecified atom stereocenters. The van der Waals surface area contributed by atoms with Crippen LogP contribution in [0.1, 0.15) is 10.4 Å². The molecule has 0 atom stereocenters. The summed E-state index contributed by atoms with van der Waals surface area (Å²) in [6.45, 7) is 0. The molecule has 1 aromatic heterocycles. The van der Waals surface area contributed by atoms with Crippen LogP contribution in [0.2, 0.25) is 5.22 Å². The molecule has 17 heavy (non-hydrogen) atoms. The second-order valence-electron chi connectivity index (χ2n) is 3.29. The lowest BCUT2D eigenvalue weighted by Gasteiger charge is -2.05. The summed E-state index contributed by atoms with van der Waals surface area (Å²) in [5, 5.41) is 2.86. The van der Waals surface area contributed by atoms with E-state index in [1.54, 1.807) is 11.8 Å². The Hall–Kier alpha value is -1.39. The van der Waals surface area contributed by atoms with Gasteiger partial charge in [0.1, 0.15) is 0 Å². The van der Waals surface area contributed by atoms with Crippen molar-refractivity contribution in [2.45, 2.75) is 4.90 Å². The van der Waals surface area contributed by atoms with Crippen LogP contribution in [-0.2, 0) is 0 Å². The summed E-state index contributed by atoms with van der Waals surface area (Å²) in [6.07, 6.45) is 3.36. The van der Waals surface area contributed by atoms with Crippen molar-refractivity contribution in [1.82, 2.24) is 0 Å². The molecule has 1 heterocycles. The first-order chi connectivity index (χ1) is 8.20. The molecule has 3 nitrogen and oxygen atoms in total. The first-order valence-electron chi connectivity index (χ1n) is 4.89. The Morgan fingerprint density at radius 1 is 1.41 bits per heavy atom. The summed E-state index contributed by atoms with van der Waals surface area (Å²) < 4.78 is 4.87. The van der Waals surface area contributed by atoms with Gasteiger partial charge in [-0.25, -0.2) is 0 Å². The van der Waals surface area contributed by atoms with Crippen molar-refractivity contribution in [3.8, 4) is 0 Å². The van der Waals surface area contributed by atoms with E-state index in [-0.39, 0.29) is 11.1 Å². The van der Waals surface area contributed by atoms with E-state index in [0.717, 1.165) is 10.6 Å². The van der Waals surface area contributed by atoms with Gasteiger partial charge in [0.25, 0.3) is 5.91 Å². The highest BCUT2D eigenvalue weighted by atomic mass is 35.5. The summed E-state index contributed by atoms with van der Waals surface area (Å²) in [6, 6.07) is 9.13. The van der Waals surface area contributed by atoms with Gasteiger partial charge in [-0.05, 0) is 42.1 Å². The Bertz CT molecular complexity index is 539. The quantitative estimate of drug-likeness (QED) is 0.858. The van der Waals surface area contributed by atoms with Gasteiger partial charge in [-0.3, -0.25) is 4.79 Å². The normalized spacial score (nSPS) is 10.2. The SMILES string of the molecule is CSc1cccc(NC(=O)c2ccoc2Cl)c1. The third kappa shape index (κ3) is 2.84. The number of hydrogen-bond donors (Lipinski definition) is 1. The lowest BCUT2D eigenvalue weighted by Crippen LogP contribution is -2.11. The fraction of sp³-hybridized carbons (Fsp3) is 0.0833. The van der Waals surface area contributed by atoms with Gasteiger partial charge in [-0.15, -0.1) is 11.8 Å². The zero-order valence-electron chi connectivity index (χ0n) is 9.07. The minimum Gasteiger partial charge on any atom is -0.452 e. The van der Waals surface area contributed by atoms with Crippen LogP contribution in [-0.4, -0.2) is 12.2 Å². The Kier molecular flexibility index (Phi) is 3.76. The molecule has 0 saturated carbocycles. The van der Waals surface area contributed by atoms with Crippen molar-refractivity contribution in [2.24, 2.45) is 0 Å². The zero-order valence-corrected chi connectivity index (χ0v) is 10.6. The predicted molar refractivity (Wildman–Crippen MR) is 69.9 cm³/mol. The van der Waals surface area contributed by atoms with E-state index in [4.69, 9.17) is 16.0 Å². The van der Waals surface area contributed by atoms with Crippen LogP contribution in [0.5, 0.6) is 0 Å². The van der Waals surface area contributed by atoms with Crippen LogP contribution in [0.15, 0.2) is 45.9 Å². The van der Waals surface area contributed by atoms with Crippen LogP contribution in [0.25, 0.3) is 0 Å². The fourth-order valence-corrected chi connectivity index (χ4v) is 2.01. The molecule has 1 amide bonds. The van der Waals surface area contributed by atoms with E-state index in [1.807, 2.05) is 30.5 Å². The van der Waals surface area contributed by atoms with Gasteiger partial charge < -0.3 is 9.73 Å². The van der Waals surface area contributed by atoms with Crippen LogP contribution in [0.3, 0.4) is 0 Å². The van der Waals surface area contributed by atoms with Crippen molar-refractivity contribution in [3.63, 3.8) is 0 Å². The van der Waals surface area contributed by atoms with E-state index >= 15 is 0 Å². The smallest absolute Gasteiger partial charge is 0.260 e. The standard InChI is InChI=1S/C12H10ClNO2S/c1-17-9-4-2-3-8(7-9)14-12(15)10-5-6-16-11(10)13/h2-7H,1H3,(H,14,15). The molecule has 5 heteroatoms. The molecule has 0 aliphatic heterocycles. The Morgan fingerprint density at radius 2 is 2.24 bits per heavy atom. The zero-order chi connectivity index (χ0) is 12.3. The average Bonchev–Trinajstić information content (AvgIpc) is 2.76. The number of rotatable bonds is 3. The molecule has 0 aliphatic carbocycles. The van der Waals surface area contributed by atoms with Crippen molar-refractivity contribution in [3.05, 3.63) is 47.4 Å². The largest absolute Gasteiger partial charge is 0.452 e. The van der Waals surface area contributed by atoms with Gasteiger partial charge in [0.2, 0.25) is 5.22 Å². The molecule has 2 rings (SSSR count). The van der Waals surface area contributed by atoms with Crippen molar-refractivity contribution >= 4 is 35.0 Å². The lowest BCUT2D eigenvalue weighted by molar-refractivity contribution is 0.102. The molecule has 2 aromatic rings. The van der Waals surface area contributed by atoms with Crippen molar-refractivity contribution < 1.29 is 9.21 Å². The van der Waals surface area contributed by atoms with Crippen LogP contribution >= 0.6 is 23.4 Å². The van der Waals surface area contributed by atoms with Gasteiger partial charge >= 0.3 is 0 Å². The number of furan rings is 1. The van der Waals surface area contributed by atoms with E-state index in [1.165, 1.54) is 12.3 Å². The topological polar surface area (TPSA) is 42.2 Å². The number of anilines is 1. The summed E-state index contributed by atoms with van der Waals surface area (Å²) in [5.74, 6) is -0.276. The summed E-state index contributed by atoms with van der Waals surface area (Å²) in [5.41, 5.74) is 1.07. The molecular formula is C12H10ClNO2S.